The Bertz CT molecular complexity index is 488. The fourth-order valence-electron chi connectivity index (χ4n) is 2.33. The Balaban J connectivity index is 1.96. The maximum absolute atomic E-state index is 9.07. The smallest absolute Gasteiger partial charge is 0.128 e. The molecule has 1 atom stereocenters. The lowest BCUT2D eigenvalue weighted by Gasteiger charge is -2.37. The van der Waals surface area contributed by atoms with Crippen LogP contribution in [-0.4, -0.2) is 42.1 Å². The van der Waals surface area contributed by atoms with E-state index in [1.807, 2.05) is 13.0 Å². The standard InChI is InChI=1S/C14H17N5/c1-2-13(10-16)18-5-7-19(8-6-18)14-4-3-12(9-15)11-17-14/h3-4,11,13H,2,5-8H2,1H3. The summed E-state index contributed by atoms with van der Waals surface area (Å²) in [6.07, 6.45) is 2.47. The minimum atomic E-state index is 0.0241. The van der Waals surface area contributed by atoms with E-state index in [0.29, 0.717) is 5.56 Å². The number of nitriles is 2. The average molecular weight is 255 g/mol. The first-order chi connectivity index (χ1) is 9.28. The summed E-state index contributed by atoms with van der Waals surface area (Å²) in [5.74, 6) is 0.906. The van der Waals surface area contributed by atoms with Crippen LogP contribution in [0, 0.1) is 22.7 Å². The third-order valence-electron chi connectivity index (χ3n) is 3.49. The van der Waals surface area contributed by atoms with Crippen LogP contribution in [0.4, 0.5) is 5.82 Å². The van der Waals surface area contributed by atoms with E-state index in [1.54, 1.807) is 12.3 Å². The zero-order valence-corrected chi connectivity index (χ0v) is 11.1. The highest BCUT2D eigenvalue weighted by atomic mass is 15.3. The lowest BCUT2D eigenvalue weighted by atomic mass is 10.2. The molecule has 1 saturated heterocycles. The summed E-state index contributed by atoms with van der Waals surface area (Å²) in [6, 6.07) is 8.12. The van der Waals surface area contributed by atoms with E-state index >= 15 is 0 Å². The zero-order valence-electron chi connectivity index (χ0n) is 11.1. The van der Waals surface area contributed by atoms with Crippen molar-refractivity contribution < 1.29 is 0 Å². The molecule has 0 aliphatic carbocycles. The number of aromatic nitrogens is 1. The molecule has 19 heavy (non-hydrogen) atoms. The van der Waals surface area contributed by atoms with Crippen molar-refractivity contribution in [2.45, 2.75) is 19.4 Å². The fraction of sp³-hybridized carbons (Fsp3) is 0.500. The maximum Gasteiger partial charge on any atom is 0.128 e. The molecule has 1 aromatic heterocycles. The van der Waals surface area contributed by atoms with Gasteiger partial charge in [0.2, 0.25) is 0 Å². The van der Waals surface area contributed by atoms with E-state index in [-0.39, 0.29) is 6.04 Å². The summed E-state index contributed by atoms with van der Waals surface area (Å²) in [4.78, 5) is 8.72. The molecule has 1 aliphatic heterocycles. The molecule has 5 heteroatoms. The lowest BCUT2D eigenvalue weighted by Crippen LogP contribution is -2.50. The van der Waals surface area contributed by atoms with Crippen LogP contribution in [0.2, 0.25) is 0 Å². The van der Waals surface area contributed by atoms with Gasteiger partial charge >= 0.3 is 0 Å². The number of hydrogen-bond donors (Lipinski definition) is 0. The van der Waals surface area contributed by atoms with Gasteiger partial charge in [-0.1, -0.05) is 6.92 Å². The summed E-state index contributed by atoms with van der Waals surface area (Å²) in [7, 11) is 0. The fourth-order valence-corrected chi connectivity index (χ4v) is 2.33. The van der Waals surface area contributed by atoms with Gasteiger partial charge in [0.15, 0.2) is 0 Å². The number of anilines is 1. The van der Waals surface area contributed by atoms with Crippen molar-refractivity contribution in [3.63, 3.8) is 0 Å². The highest BCUT2D eigenvalue weighted by molar-refractivity contribution is 5.42. The molecule has 2 heterocycles. The highest BCUT2D eigenvalue weighted by Crippen LogP contribution is 2.15. The normalized spacial score (nSPS) is 17.5. The summed E-state index contributed by atoms with van der Waals surface area (Å²) < 4.78 is 0. The molecule has 0 amide bonds. The van der Waals surface area contributed by atoms with Gasteiger partial charge in [-0.3, -0.25) is 4.90 Å². The number of rotatable bonds is 3. The summed E-state index contributed by atoms with van der Waals surface area (Å²) >= 11 is 0. The second-order valence-electron chi connectivity index (χ2n) is 4.59. The molecular weight excluding hydrogens is 238 g/mol. The molecule has 0 aromatic carbocycles. The minimum absolute atomic E-state index is 0.0241. The van der Waals surface area contributed by atoms with Crippen LogP contribution in [0.1, 0.15) is 18.9 Å². The van der Waals surface area contributed by atoms with Gasteiger partial charge < -0.3 is 4.90 Å². The molecule has 0 radical (unpaired) electrons. The first-order valence-corrected chi connectivity index (χ1v) is 6.53. The Morgan fingerprint density at radius 1 is 1.26 bits per heavy atom. The molecule has 98 valence electrons. The lowest BCUT2D eigenvalue weighted by molar-refractivity contribution is 0.216. The van der Waals surface area contributed by atoms with E-state index in [1.165, 1.54) is 0 Å². The van der Waals surface area contributed by atoms with Gasteiger partial charge in [-0.25, -0.2) is 4.98 Å². The second kappa shape index (κ2) is 6.17. The van der Waals surface area contributed by atoms with Crippen LogP contribution >= 0.6 is 0 Å². The van der Waals surface area contributed by atoms with Crippen molar-refractivity contribution in [1.82, 2.24) is 9.88 Å². The SMILES string of the molecule is CCC(C#N)N1CCN(c2ccc(C#N)cn2)CC1. The van der Waals surface area contributed by atoms with Crippen molar-refractivity contribution in [2.75, 3.05) is 31.1 Å². The van der Waals surface area contributed by atoms with Gasteiger partial charge in [0.1, 0.15) is 11.9 Å². The Kier molecular flexibility index (Phi) is 4.33. The molecule has 0 N–H and O–H groups in total. The van der Waals surface area contributed by atoms with Gasteiger partial charge in [0.25, 0.3) is 0 Å². The van der Waals surface area contributed by atoms with Gasteiger partial charge in [0, 0.05) is 32.4 Å². The summed E-state index contributed by atoms with van der Waals surface area (Å²) in [5, 5.41) is 17.8. The molecule has 2 rings (SSSR count). The number of piperazine rings is 1. The Labute approximate surface area is 113 Å². The third-order valence-corrected chi connectivity index (χ3v) is 3.49. The van der Waals surface area contributed by atoms with Crippen LogP contribution < -0.4 is 4.90 Å². The summed E-state index contributed by atoms with van der Waals surface area (Å²) in [5.41, 5.74) is 0.581. The molecule has 1 aliphatic rings. The first-order valence-electron chi connectivity index (χ1n) is 6.53. The van der Waals surface area contributed by atoms with E-state index in [2.05, 4.69) is 26.9 Å². The zero-order chi connectivity index (χ0) is 13.7. The Morgan fingerprint density at radius 2 is 2.00 bits per heavy atom. The number of pyridine rings is 1. The molecule has 0 bridgehead atoms. The van der Waals surface area contributed by atoms with E-state index in [9.17, 15) is 0 Å². The quantitative estimate of drug-likeness (QED) is 0.816. The van der Waals surface area contributed by atoms with Crippen molar-refractivity contribution >= 4 is 5.82 Å². The van der Waals surface area contributed by atoms with Crippen LogP contribution in [0.25, 0.3) is 0 Å². The molecule has 5 nitrogen and oxygen atoms in total. The summed E-state index contributed by atoms with van der Waals surface area (Å²) in [6.45, 7) is 5.55. The Morgan fingerprint density at radius 3 is 2.47 bits per heavy atom. The molecular formula is C14H17N5. The van der Waals surface area contributed by atoms with E-state index in [0.717, 1.165) is 38.4 Å². The molecule has 1 unspecified atom stereocenters. The van der Waals surface area contributed by atoms with Crippen molar-refractivity contribution in [1.29, 1.82) is 10.5 Å². The van der Waals surface area contributed by atoms with Crippen LogP contribution in [0.15, 0.2) is 18.3 Å². The average Bonchev–Trinajstić information content (AvgIpc) is 2.49. The predicted molar refractivity (Wildman–Crippen MR) is 72.4 cm³/mol. The monoisotopic (exact) mass is 255 g/mol. The first kappa shape index (κ1) is 13.3. The van der Waals surface area contributed by atoms with E-state index < -0.39 is 0 Å². The topological polar surface area (TPSA) is 67.0 Å². The van der Waals surface area contributed by atoms with E-state index in [4.69, 9.17) is 10.5 Å². The molecule has 0 spiro atoms. The van der Waals surface area contributed by atoms with Gasteiger partial charge in [0.05, 0.1) is 17.7 Å². The third kappa shape index (κ3) is 3.01. The number of hydrogen-bond acceptors (Lipinski definition) is 5. The van der Waals surface area contributed by atoms with Gasteiger partial charge in [-0.2, -0.15) is 10.5 Å². The molecule has 1 fully saturated rings. The van der Waals surface area contributed by atoms with Crippen LogP contribution in [0.5, 0.6) is 0 Å². The maximum atomic E-state index is 9.07. The van der Waals surface area contributed by atoms with Crippen molar-refractivity contribution in [3.05, 3.63) is 23.9 Å². The van der Waals surface area contributed by atoms with Crippen molar-refractivity contribution in [2.24, 2.45) is 0 Å². The Hall–Kier alpha value is -2.11. The predicted octanol–water partition coefficient (Wildman–Crippen LogP) is 1.38. The molecule has 0 saturated carbocycles. The number of nitrogens with zero attached hydrogens (tertiary/aromatic N) is 5. The highest BCUT2D eigenvalue weighted by Gasteiger charge is 2.22. The van der Waals surface area contributed by atoms with Crippen LogP contribution in [0.3, 0.4) is 0 Å². The van der Waals surface area contributed by atoms with Gasteiger partial charge in [-0.15, -0.1) is 0 Å². The molecule has 1 aromatic rings. The van der Waals surface area contributed by atoms with Gasteiger partial charge in [-0.05, 0) is 18.6 Å². The van der Waals surface area contributed by atoms with Crippen molar-refractivity contribution in [3.8, 4) is 12.1 Å². The van der Waals surface area contributed by atoms with Crippen LogP contribution in [-0.2, 0) is 0 Å². The second-order valence-corrected chi connectivity index (χ2v) is 4.59. The largest absolute Gasteiger partial charge is 0.354 e. The minimum Gasteiger partial charge on any atom is -0.354 e.